The summed E-state index contributed by atoms with van der Waals surface area (Å²) in [7, 11) is 0. The van der Waals surface area contributed by atoms with Gasteiger partial charge < -0.3 is 0 Å². The van der Waals surface area contributed by atoms with Gasteiger partial charge in [-0.25, -0.2) is 0 Å². The van der Waals surface area contributed by atoms with Crippen LogP contribution in [-0.2, 0) is 6.42 Å². The molecule has 2 aromatic carbocycles. The van der Waals surface area contributed by atoms with Gasteiger partial charge in [0.1, 0.15) is 6.01 Å². The minimum atomic E-state index is 0.416. The van der Waals surface area contributed by atoms with Crippen LogP contribution < -0.4 is 0 Å². The van der Waals surface area contributed by atoms with Gasteiger partial charge in [-0.15, -0.1) is 0 Å². The molecule has 148 valence electrons. The summed E-state index contributed by atoms with van der Waals surface area (Å²) in [6, 6.07) is 12.5. The van der Waals surface area contributed by atoms with Crippen LogP contribution in [0.1, 0.15) is 112 Å². The molecule has 28 heavy (non-hydrogen) atoms. The molecule has 0 saturated carbocycles. The molecule has 0 radical (unpaired) electrons. The van der Waals surface area contributed by atoms with Crippen molar-refractivity contribution in [1.29, 1.82) is 0 Å². The number of hydrogen-bond donors (Lipinski definition) is 0. The van der Waals surface area contributed by atoms with E-state index in [1.54, 1.807) is 0 Å². The second kappa shape index (κ2) is 8.05. The van der Waals surface area contributed by atoms with Crippen LogP contribution in [0.15, 0.2) is 34.3 Å². The predicted molar refractivity (Wildman–Crippen MR) is 121 cm³/mol. The van der Waals surface area contributed by atoms with Crippen LogP contribution in [-0.4, -0.2) is 6.01 Å². The monoisotopic (exact) mass is 374 g/mol. The molecule has 6 rings (SSSR count). The van der Waals surface area contributed by atoms with E-state index in [-0.39, 0.29) is 0 Å². The third kappa shape index (κ3) is 3.98. The SMILES string of the molecule is CC(C)c1cc2cc(C(C)C)c1N=C=Nc1c(C(C)C)cc(cc1C(C)C)C2. The van der Waals surface area contributed by atoms with Crippen molar-refractivity contribution < 1.29 is 0 Å². The Morgan fingerprint density at radius 2 is 0.857 bits per heavy atom. The second-order valence-corrected chi connectivity index (χ2v) is 9.36. The van der Waals surface area contributed by atoms with Gasteiger partial charge in [0.25, 0.3) is 0 Å². The number of hydrogen-bond acceptors (Lipinski definition) is 2. The molecule has 0 fully saturated rings. The summed E-state index contributed by atoms with van der Waals surface area (Å²) in [5.41, 5.74) is 10.1. The Balaban J connectivity index is 2.37. The maximum Gasteiger partial charge on any atom is 0.101 e. The Morgan fingerprint density at radius 3 is 1.11 bits per heavy atom. The van der Waals surface area contributed by atoms with Gasteiger partial charge in [-0.2, -0.15) is 9.98 Å². The third-order valence-electron chi connectivity index (χ3n) is 5.68. The quantitative estimate of drug-likeness (QED) is 0.439. The average molecular weight is 375 g/mol. The fourth-order valence-electron chi connectivity index (χ4n) is 4.07. The lowest BCUT2D eigenvalue weighted by Crippen LogP contribution is -2.03. The molecule has 0 saturated heterocycles. The van der Waals surface area contributed by atoms with Crippen LogP contribution >= 0.6 is 0 Å². The fraction of sp³-hybridized carbons (Fsp3) is 0.500. The highest BCUT2D eigenvalue weighted by Crippen LogP contribution is 2.40. The summed E-state index contributed by atoms with van der Waals surface area (Å²) >= 11 is 0. The standard InChI is InChI=1S/C26H34N2/c1-15(2)21-10-19-9-20-12-23(17(5)6)26(24(13-20)18(7)8)28-14-27-25(21)22(11-19)16(3)4/h10-13,15-18H,9H2,1-8H3. The highest BCUT2D eigenvalue weighted by Gasteiger charge is 2.19. The summed E-state index contributed by atoms with van der Waals surface area (Å²) in [4.78, 5) is 9.58. The van der Waals surface area contributed by atoms with Crippen molar-refractivity contribution in [2.24, 2.45) is 9.98 Å². The van der Waals surface area contributed by atoms with Gasteiger partial charge in [0.15, 0.2) is 0 Å². The third-order valence-corrected chi connectivity index (χ3v) is 5.68. The van der Waals surface area contributed by atoms with E-state index in [4.69, 9.17) is 9.98 Å². The molecule has 0 N–H and O–H groups in total. The van der Waals surface area contributed by atoms with E-state index in [1.807, 2.05) is 0 Å². The zero-order valence-corrected chi connectivity index (χ0v) is 18.7. The molecule has 0 aromatic heterocycles. The average Bonchev–Trinajstić information content (AvgIpc) is 2.59. The molecule has 0 unspecified atom stereocenters. The molecule has 4 aliphatic heterocycles. The lowest BCUT2D eigenvalue weighted by molar-refractivity contribution is 0.823. The largest absolute Gasteiger partial charge is 0.187 e. The molecule has 4 aliphatic rings. The number of aliphatic imine (C=N–C) groups is 2. The summed E-state index contributed by atoms with van der Waals surface area (Å²) in [6.07, 6.45) is 0.951. The Bertz CT molecular complexity index is 807. The molecule has 0 atom stereocenters. The first-order valence-electron chi connectivity index (χ1n) is 10.7. The second-order valence-electron chi connectivity index (χ2n) is 9.36. The van der Waals surface area contributed by atoms with Crippen LogP contribution in [0.5, 0.6) is 0 Å². The van der Waals surface area contributed by atoms with Gasteiger partial charge >= 0.3 is 0 Å². The summed E-state index contributed by atoms with van der Waals surface area (Å²) in [6.45, 7) is 17.9. The number of nitrogens with zero attached hydrogens (tertiary/aromatic N) is 2. The van der Waals surface area contributed by atoms with Crippen molar-refractivity contribution in [2.75, 3.05) is 0 Å². The Labute approximate surface area is 170 Å². The molecule has 0 spiro atoms. The number of benzene rings is 2. The summed E-state index contributed by atoms with van der Waals surface area (Å²) in [5, 5.41) is 0. The lowest BCUT2D eigenvalue weighted by atomic mass is 9.86. The van der Waals surface area contributed by atoms with Crippen molar-refractivity contribution in [3.8, 4) is 0 Å². The normalized spacial score (nSPS) is 13.3. The summed E-state index contributed by atoms with van der Waals surface area (Å²) in [5.74, 6) is 1.66. The van der Waals surface area contributed by atoms with E-state index in [1.165, 1.54) is 33.4 Å². The maximum atomic E-state index is 4.79. The summed E-state index contributed by atoms with van der Waals surface area (Å²) < 4.78 is 0. The van der Waals surface area contributed by atoms with E-state index in [2.05, 4.69) is 85.7 Å². The molecule has 0 aliphatic carbocycles. The minimum absolute atomic E-state index is 0.416. The zero-order valence-electron chi connectivity index (χ0n) is 18.7. The molecule has 4 heterocycles. The van der Waals surface area contributed by atoms with Crippen LogP contribution in [0.4, 0.5) is 11.4 Å². The van der Waals surface area contributed by atoms with Gasteiger partial charge in [-0.05, 0) is 63.5 Å². The van der Waals surface area contributed by atoms with Crippen molar-refractivity contribution in [2.45, 2.75) is 85.5 Å². The van der Waals surface area contributed by atoms with Crippen LogP contribution in [0.2, 0.25) is 0 Å². The topological polar surface area (TPSA) is 24.7 Å². The van der Waals surface area contributed by atoms with Crippen molar-refractivity contribution in [3.63, 3.8) is 0 Å². The minimum Gasteiger partial charge on any atom is -0.187 e. The number of rotatable bonds is 4. The van der Waals surface area contributed by atoms with Crippen LogP contribution in [0.25, 0.3) is 0 Å². The molecular formula is C26H34N2. The van der Waals surface area contributed by atoms with E-state index in [9.17, 15) is 0 Å². The molecule has 2 heteroatoms. The first-order chi connectivity index (χ1) is 13.2. The van der Waals surface area contributed by atoms with E-state index < -0.39 is 0 Å². The first kappa shape index (κ1) is 20.6. The Hall–Kier alpha value is -2.18. The van der Waals surface area contributed by atoms with E-state index >= 15 is 0 Å². The van der Waals surface area contributed by atoms with Crippen molar-refractivity contribution in [1.82, 2.24) is 0 Å². The highest BCUT2D eigenvalue weighted by molar-refractivity contribution is 5.69. The van der Waals surface area contributed by atoms with Crippen molar-refractivity contribution >= 4 is 17.4 Å². The molecule has 0 amide bonds. The molecular weight excluding hydrogens is 340 g/mol. The van der Waals surface area contributed by atoms with Gasteiger partial charge in [-0.1, -0.05) is 79.7 Å². The lowest BCUT2D eigenvalue weighted by Gasteiger charge is -2.21. The molecule has 4 bridgehead atoms. The highest BCUT2D eigenvalue weighted by atomic mass is 14.8. The maximum absolute atomic E-state index is 4.79. The van der Waals surface area contributed by atoms with Gasteiger partial charge in [0.2, 0.25) is 0 Å². The first-order valence-corrected chi connectivity index (χ1v) is 10.7. The van der Waals surface area contributed by atoms with E-state index in [0.717, 1.165) is 17.8 Å². The van der Waals surface area contributed by atoms with Gasteiger partial charge in [-0.3, -0.25) is 0 Å². The van der Waals surface area contributed by atoms with E-state index in [0.29, 0.717) is 23.7 Å². The zero-order chi connectivity index (χ0) is 20.6. The van der Waals surface area contributed by atoms with Crippen molar-refractivity contribution in [3.05, 3.63) is 57.6 Å². The molecule has 2 aromatic rings. The molecule has 2 nitrogen and oxygen atoms in total. The fourth-order valence-corrected chi connectivity index (χ4v) is 4.07. The Morgan fingerprint density at radius 1 is 0.571 bits per heavy atom. The van der Waals surface area contributed by atoms with Gasteiger partial charge in [0, 0.05) is 0 Å². The van der Waals surface area contributed by atoms with Crippen LogP contribution in [0.3, 0.4) is 0 Å². The smallest absolute Gasteiger partial charge is 0.101 e. The van der Waals surface area contributed by atoms with Crippen LogP contribution in [0, 0.1) is 0 Å². The predicted octanol–water partition coefficient (Wildman–Crippen LogP) is 8.22. The Kier molecular flexibility index (Phi) is 5.91. The van der Waals surface area contributed by atoms with Gasteiger partial charge in [0.05, 0.1) is 11.4 Å².